The van der Waals surface area contributed by atoms with Crippen molar-refractivity contribution in [1.82, 2.24) is 15.6 Å². The molecule has 2 amide bonds. The SMILES string of the molecule is O=C1N[C@H](c2ccccn2)[C@H](C(=O)c2cccs2)[C@](O)(C(F)(F)F)N1. The van der Waals surface area contributed by atoms with E-state index in [2.05, 4.69) is 10.3 Å². The third-order valence-electron chi connectivity index (χ3n) is 3.86. The maximum Gasteiger partial charge on any atom is 0.437 e. The van der Waals surface area contributed by atoms with E-state index in [0.717, 1.165) is 11.3 Å². The van der Waals surface area contributed by atoms with Crippen LogP contribution in [0.25, 0.3) is 0 Å². The number of Topliss-reactive ketones (excluding diaryl/α,β-unsaturated/α-hetero) is 1. The number of hydrogen-bond acceptors (Lipinski definition) is 5. The standard InChI is InChI=1S/C15H12F3N3O3S/c16-15(17,18)14(24)10(12(22)9-5-3-7-25-9)11(20-13(23)21-14)8-4-1-2-6-19-8/h1-7,10-11,24H,(H2,20,21,23)/t10-,11-,14+/m1/s1. The van der Waals surface area contributed by atoms with Gasteiger partial charge in [-0.05, 0) is 23.6 Å². The molecule has 0 saturated carbocycles. The Balaban J connectivity index is 2.15. The van der Waals surface area contributed by atoms with Gasteiger partial charge in [-0.1, -0.05) is 12.1 Å². The van der Waals surface area contributed by atoms with Gasteiger partial charge in [-0.3, -0.25) is 9.78 Å². The smallest absolute Gasteiger partial charge is 0.363 e. The van der Waals surface area contributed by atoms with Gasteiger partial charge in [0.05, 0.1) is 16.6 Å². The number of nitrogens with zero attached hydrogens (tertiary/aromatic N) is 1. The zero-order valence-corrected chi connectivity index (χ0v) is 13.3. The molecule has 10 heteroatoms. The van der Waals surface area contributed by atoms with Gasteiger partial charge in [0.2, 0.25) is 5.72 Å². The van der Waals surface area contributed by atoms with E-state index in [1.165, 1.54) is 41.2 Å². The van der Waals surface area contributed by atoms with Crippen LogP contribution in [0.5, 0.6) is 0 Å². The van der Waals surface area contributed by atoms with Crippen molar-refractivity contribution >= 4 is 23.2 Å². The molecule has 0 aliphatic carbocycles. The molecule has 2 aromatic rings. The molecule has 25 heavy (non-hydrogen) atoms. The Bertz CT molecular complexity index is 782. The molecule has 1 aliphatic heterocycles. The van der Waals surface area contributed by atoms with Crippen molar-refractivity contribution in [2.45, 2.75) is 17.9 Å². The first-order chi connectivity index (χ1) is 11.7. The zero-order valence-electron chi connectivity index (χ0n) is 12.4. The number of pyridine rings is 1. The molecule has 0 bridgehead atoms. The Morgan fingerprint density at radius 1 is 1.28 bits per heavy atom. The van der Waals surface area contributed by atoms with Gasteiger partial charge in [-0.2, -0.15) is 13.2 Å². The summed E-state index contributed by atoms with van der Waals surface area (Å²) in [4.78, 5) is 28.5. The summed E-state index contributed by atoms with van der Waals surface area (Å²) in [6.45, 7) is 0. The first-order valence-corrected chi connectivity index (χ1v) is 7.98. The van der Waals surface area contributed by atoms with E-state index in [1.807, 2.05) is 0 Å². The summed E-state index contributed by atoms with van der Waals surface area (Å²) in [5.41, 5.74) is -3.69. The van der Waals surface area contributed by atoms with E-state index >= 15 is 0 Å². The lowest BCUT2D eigenvalue weighted by Crippen LogP contribution is -2.72. The van der Waals surface area contributed by atoms with Gasteiger partial charge in [0.1, 0.15) is 5.92 Å². The molecule has 0 radical (unpaired) electrons. The molecule has 1 fully saturated rings. The van der Waals surface area contributed by atoms with Crippen LogP contribution in [0.3, 0.4) is 0 Å². The summed E-state index contributed by atoms with van der Waals surface area (Å²) in [5, 5.41) is 15.6. The number of rotatable bonds is 3. The minimum absolute atomic E-state index is 0.0338. The quantitative estimate of drug-likeness (QED) is 0.722. The highest BCUT2D eigenvalue weighted by molar-refractivity contribution is 7.12. The molecule has 3 N–H and O–H groups in total. The van der Waals surface area contributed by atoms with Crippen LogP contribution in [0, 0.1) is 5.92 Å². The minimum Gasteiger partial charge on any atom is -0.363 e. The number of thiophene rings is 1. The summed E-state index contributed by atoms with van der Waals surface area (Å²) in [6.07, 6.45) is -3.95. The molecule has 6 nitrogen and oxygen atoms in total. The van der Waals surface area contributed by atoms with Gasteiger partial charge in [-0.25, -0.2) is 4.79 Å². The average molecular weight is 371 g/mol. The highest BCUT2D eigenvalue weighted by atomic mass is 32.1. The summed E-state index contributed by atoms with van der Waals surface area (Å²) in [6, 6.07) is 4.60. The molecule has 0 aromatic carbocycles. The second-order valence-corrected chi connectivity index (χ2v) is 6.36. The maximum absolute atomic E-state index is 13.6. The lowest BCUT2D eigenvalue weighted by molar-refractivity contribution is -0.287. The Labute approximate surface area is 143 Å². The van der Waals surface area contributed by atoms with Crippen LogP contribution in [-0.4, -0.2) is 33.8 Å². The molecule has 3 heterocycles. The number of aliphatic hydroxyl groups is 1. The van der Waals surface area contributed by atoms with E-state index in [-0.39, 0.29) is 10.6 Å². The number of amides is 2. The Hall–Kier alpha value is -2.46. The zero-order chi connectivity index (χ0) is 18.2. The molecule has 132 valence electrons. The van der Waals surface area contributed by atoms with E-state index in [1.54, 1.807) is 6.07 Å². The van der Waals surface area contributed by atoms with Crippen molar-refractivity contribution in [2.24, 2.45) is 5.92 Å². The van der Waals surface area contributed by atoms with E-state index in [4.69, 9.17) is 0 Å². The lowest BCUT2D eigenvalue weighted by Gasteiger charge is -2.44. The van der Waals surface area contributed by atoms with Crippen molar-refractivity contribution in [3.8, 4) is 0 Å². The molecular formula is C15H12F3N3O3S. The molecular weight excluding hydrogens is 359 g/mol. The van der Waals surface area contributed by atoms with Crippen molar-refractivity contribution in [3.63, 3.8) is 0 Å². The normalized spacial score (nSPS) is 26.6. The van der Waals surface area contributed by atoms with Crippen LogP contribution in [0.1, 0.15) is 21.4 Å². The fourth-order valence-electron chi connectivity index (χ4n) is 2.72. The van der Waals surface area contributed by atoms with Crippen LogP contribution >= 0.6 is 11.3 Å². The summed E-state index contributed by atoms with van der Waals surface area (Å²) >= 11 is 0.945. The number of carbonyl (C=O) groups is 2. The molecule has 3 atom stereocenters. The van der Waals surface area contributed by atoms with Gasteiger partial charge < -0.3 is 15.7 Å². The monoisotopic (exact) mass is 371 g/mol. The van der Waals surface area contributed by atoms with Gasteiger partial charge in [0, 0.05) is 6.20 Å². The number of ketones is 1. The van der Waals surface area contributed by atoms with Crippen molar-refractivity contribution < 1.29 is 27.9 Å². The van der Waals surface area contributed by atoms with Gasteiger partial charge in [0.25, 0.3) is 0 Å². The van der Waals surface area contributed by atoms with Crippen molar-refractivity contribution in [2.75, 3.05) is 0 Å². The minimum atomic E-state index is -5.27. The first kappa shape index (κ1) is 17.4. The van der Waals surface area contributed by atoms with E-state index < -0.39 is 35.7 Å². The number of urea groups is 1. The average Bonchev–Trinajstić information content (AvgIpc) is 3.08. The largest absolute Gasteiger partial charge is 0.437 e. The molecule has 0 spiro atoms. The Kier molecular flexibility index (Phi) is 4.25. The van der Waals surface area contributed by atoms with Crippen LogP contribution in [0.15, 0.2) is 41.9 Å². The number of aromatic nitrogens is 1. The molecule has 0 unspecified atom stereocenters. The summed E-state index contributed by atoms with van der Waals surface area (Å²) < 4.78 is 40.7. The van der Waals surface area contributed by atoms with Crippen molar-refractivity contribution in [3.05, 3.63) is 52.5 Å². The first-order valence-electron chi connectivity index (χ1n) is 7.10. The van der Waals surface area contributed by atoms with Gasteiger partial charge >= 0.3 is 12.2 Å². The highest BCUT2D eigenvalue weighted by Gasteiger charge is 2.66. The van der Waals surface area contributed by atoms with Crippen LogP contribution in [0.2, 0.25) is 0 Å². The lowest BCUT2D eigenvalue weighted by atomic mass is 9.80. The maximum atomic E-state index is 13.6. The Morgan fingerprint density at radius 3 is 2.60 bits per heavy atom. The Morgan fingerprint density at radius 2 is 2.04 bits per heavy atom. The molecule has 1 saturated heterocycles. The summed E-state index contributed by atoms with van der Waals surface area (Å²) in [7, 11) is 0. The third kappa shape index (κ3) is 2.98. The van der Waals surface area contributed by atoms with Gasteiger partial charge in [0.15, 0.2) is 5.78 Å². The second-order valence-electron chi connectivity index (χ2n) is 5.41. The van der Waals surface area contributed by atoms with Crippen molar-refractivity contribution in [1.29, 1.82) is 0 Å². The van der Waals surface area contributed by atoms with Crippen LogP contribution in [-0.2, 0) is 0 Å². The van der Waals surface area contributed by atoms with Crippen LogP contribution < -0.4 is 10.6 Å². The molecule has 1 aliphatic rings. The number of alkyl halides is 3. The fourth-order valence-corrected chi connectivity index (χ4v) is 3.42. The number of nitrogens with one attached hydrogen (secondary N) is 2. The van der Waals surface area contributed by atoms with E-state index in [0.29, 0.717) is 0 Å². The predicted molar refractivity (Wildman–Crippen MR) is 81.8 cm³/mol. The van der Waals surface area contributed by atoms with E-state index in [9.17, 15) is 27.9 Å². The predicted octanol–water partition coefficient (Wildman–Crippen LogP) is 2.25. The fraction of sp³-hybridized carbons (Fsp3) is 0.267. The highest BCUT2D eigenvalue weighted by Crippen LogP contribution is 2.43. The molecule has 3 rings (SSSR count). The van der Waals surface area contributed by atoms with Crippen LogP contribution in [0.4, 0.5) is 18.0 Å². The third-order valence-corrected chi connectivity index (χ3v) is 4.74. The number of halogens is 3. The number of carbonyl (C=O) groups excluding carboxylic acids is 2. The summed E-state index contributed by atoms with van der Waals surface area (Å²) in [5.74, 6) is -2.99. The second kappa shape index (κ2) is 6.12. The van der Waals surface area contributed by atoms with Gasteiger partial charge in [-0.15, -0.1) is 11.3 Å². The topological polar surface area (TPSA) is 91.3 Å². The number of hydrogen-bond donors (Lipinski definition) is 3. The molecule has 2 aromatic heterocycles.